The summed E-state index contributed by atoms with van der Waals surface area (Å²) in [5.74, 6) is 3.81. The molecule has 4 aliphatic rings. The van der Waals surface area contributed by atoms with Crippen LogP contribution in [-0.2, 0) is 5.75 Å². The van der Waals surface area contributed by atoms with Crippen LogP contribution < -0.4 is 5.32 Å². The first-order valence-electron chi connectivity index (χ1n) is 10.6. The highest BCUT2D eigenvalue weighted by molar-refractivity contribution is 7.98. The van der Waals surface area contributed by atoms with Gasteiger partial charge in [0.1, 0.15) is 0 Å². The fourth-order valence-electron chi connectivity index (χ4n) is 6.37. The quantitative estimate of drug-likeness (QED) is 0.587. The molecular weight excluding hydrogens is 384 g/mol. The van der Waals surface area contributed by atoms with E-state index in [9.17, 15) is 4.79 Å². The number of hydrogen-bond donors (Lipinski definition) is 1. The minimum absolute atomic E-state index is 0.0751. The summed E-state index contributed by atoms with van der Waals surface area (Å²) in [6.07, 6.45) is 9.84. The molecule has 5 heteroatoms. The Hall–Kier alpha value is -1.33. The highest BCUT2D eigenvalue weighted by Gasteiger charge is 2.50. The van der Waals surface area contributed by atoms with E-state index >= 15 is 0 Å². The van der Waals surface area contributed by atoms with Crippen LogP contribution in [0.2, 0.25) is 0 Å². The van der Waals surface area contributed by atoms with Gasteiger partial charge in [-0.15, -0.1) is 23.1 Å². The second kappa shape index (κ2) is 7.83. The summed E-state index contributed by atoms with van der Waals surface area (Å²) in [6.45, 7) is 0.816. The number of nitrogens with one attached hydrogen (secondary N) is 1. The first-order valence-corrected chi connectivity index (χ1v) is 12.5. The van der Waals surface area contributed by atoms with Crippen LogP contribution in [-0.4, -0.2) is 17.4 Å². The topological polar surface area (TPSA) is 42.0 Å². The lowest BCUT2D eigenvalue weighted by Crippen LogP contribution is -2.47. The molecule has 0 saturated heterocycles. The van der Waals surface area contributed by atoms with Crippen molar-refractivity contribution in [2.75, 3.05) is 6.54 Å². The minimum Gasteiger partial charge on any atom is -0.352 e. The molecule has 1 amide bonds. The zero-order valence-corrected chi connectivity index (χ0v) is 17.9. The molecule has 0 unspecified atom stereocenters. The number of thiazole rings is 1. The van der Waals surface area contributed by atoms with Crippen molar-refractivity contribution in [1.82, 2.24) is 10.3 Å². The molecule has 4 fully saturated rings. The molecule has 0 atom stereocenters. The van der Waals surface area contributed by atoms with Gasteiger partial charge in [0.25, 0.3) is 5.91 Å². The van der Waals surface area contributed by atoms with E-state index < -0.39 is 0 Å². The number of amides is 1. The van der Waals surface area contributed by atoms with Gasteiger partial charge in [-0.3, -0.25) is 4.79 Å². The number of aromatic nitrogens is 1. The molecule has 1 heterocycles. The Kier molecular flexibility index (Phi) is 5.22. The van der Waals surface area contributed by atoms with Gasteiger partial charge in [-0.25, -0.2) is 4.98 Å². The van der Waals surface area contributed by atoms with Crippen molar-refractivity contribution < 1.29 is 4.79 Å². The van der Waals surface area contributed by atoms with Gasteiger partial charge in [0, 0.05) is 22.6 Å². The van der Waals surface area contributed by atoms with Crippen LogP contribution in [0.1, 0.15) is 61.0 Å². The Morgan fingerprint density at radius 1 is 1.14 bits per heavy atom. The van der Waals surface area contributed by atoms with Gasteiger partial charge in [-0.2, -0.15) is 0 Å². The van der Waals surface area contributed by atoms with E-state index in [4.69, 9.17) is 0 Å². The van der Waals surface area contributed by atoms with Crippen molar-refractivity contribution in [3.8, 4) is 0 Å². The van der Waals surface area contributed by atoms with Crippen molar-refractivity contribution >= 4 is 29.0 Å². The molecule has 148 valence electrons. The second-order valence-corrected chi connectivity index (χ2v) is 10.9. The van der Waals surface area contributed by atoms with Crippen LogP contribution in [0.25, 0.3) is 0 Å². The highest BCUT2D eigenvalue weighted by atomic mass is 32.2. The molecule has 3 nitrogen and oxygen atoms in total. The van der Waals surface area contributed by atoms with Crippen LogP contribution in [0.5, 0.6) is 0 Å². The fraction of sp³-hybridized carbons (Fsp3) is 0.565. The van der Waals surface area contributed by atoms with Crippen LogP contribution in [0, 0.1) is 23.2 Å². The summed E-state index contributed by atoms with van der Waals surface area (Å²) in [7, 11) is 0. The van der Waals surface area contributed by atoms with Gasteiger partial charge in [0.15, 0.2) is 0 Å². The van der Waals surface area contributed by atoms with Crippen molar-refractivity contribution in [2.24, 2.45) is 23.2 Å². The number of benzene rings is 1. The van der Waals surface area contributed by atoms with E-state index in [1.807, 2.05) is 29.8 Å². The molecule has 1 N–H and O–H groups in total. The van der Waals surface area contributed by atoms with E-state index in [0.29, 0.717) is 5.41 Å². The van der Waals surface area contributed by atoms with Crippen molar-refractivity contribution in [3.63, 3.8) is 0 Å². The Labute approximate surface area is 175 Å². The van der Waals surface area contributed by atoms with Gasteiger partial charge in [-0.1, -0.05) is 12.1 Å². The lowest BCUT2D eigenvalue weighted by atomic mass is 9.49. The summed E-state index contributed by atoms with van der Waals surface area (Å²) in [5, 5.41) is 5.31. The molecule has 0 spiro atoms. The normalized spacial score (nSPS) is 30.5. The number of hydrogen-bond acceptors (Lipinski definition) is 4. The van der Waals surface area contributed by atoms with Crippen LogP contribution >= 0.6 is 23.1 Å². The summed E-state index contributed by atoms with van der Waals surface area (Å²) >= 11 is 3.31. The molecule has 4 bridgehead atoms. The third kappa shape index (κ3) is 3.88. The third-order valence-electron chi connectivity index (χ3n) is 7.10. The smallest absolute Gasteiger partial charge is 0.252 e. The zero-order chi connectivity index (χ0) is 19.0. The van der Waals surface area contributed by atoms with Gasteiger partial charge in [0.2, 0.25) is 0 Å². The summed E-state index contributed by atoms with van der Waals surface area (Å²) in [6, 6.07) is 7.96. The Morgan fingerprint density at radius 2 is 1.86 bits per heavy atom. The molecule has 1 aromatic heterocycles. The first kappa shape index (κ1) is 18.7. The fourth-order valence-corrected chi connectivity index (χ4v) is 7.99. The maximum absolute atomic E-state index is 12.9. The summed E-state index contributed by atoms with van der Waals surface area (Å²) < 4.78 is 0. The second-order valence-electron chi connectivity index (χ2n) is 9.19. The molecule has 1 aromatic carbocycles. The molecule has 4 saturated carbocycles. The van der Waals surface area contributed by atoms with Crippen molar-refractivity contribution in [3.05, 3.63) is 46.4 Å². The maximum Gasteiger partial charge on any atom is 0.252 e. The third-order valence-corrected chi connectivity index (χ3v) is 8.84. The van der Waals surface area contributed by atoms with Crippen LogP contribution in [0.15, 0.2) is 40.1 Å². The molecular formula is C23H28N2OS2. The van der Waals surface area contributed by atoms with Gasteiger partial charge in [0.05, 0.1) is 16.8 Å². The number of carbonyl (C=O) groups excluding carboxylic acids is 1. The molecule has 4 aliphatic carbocycles. The predicted octanol–water partition coefficient (Wildman–Crippen LogP) is 5.77. The Bertz CT molecular complexity index is 798. The Balaban J connectivity index is 1.18. The Morgan fingerprint density at radius 3 is 2.54 bits per heavy atom. The standard InChI is InChI=1S/C23H28N2OS2/c26-22(20-3-1-2-4-21(20)28-14-19-13-27-15-25-19)24-6-5-23-10-16-7-17(11-23)9-18(8-16)12-23/h1-4,13,15-18H,5-12,14H2,(H,24,26). The predicted molar refractivity (Wildman–Crippen MR) is 116 cm³/mol. The monoisotopic (exact) mass is 412 g/mol. The summed E-state index contributed by atoms with van der Waals surface area (Å²) in [4.78, 5) is 18.3. The maximum atomic E-state index is 12.9. The largest absolute Gasteiger partial charge is 0.352 e. The molecule has 0 aliphatic heterocycles. The zero-order valence-electron chi connectivity index (χ0n) is 16.2. The average molecular weight is 413 g/mol. The number of rotatable bonds is 7. The van der Waals surface area contributed by atoms with Crippen molar-refractivity contribution in [2.45, 2.75) is 55.6 Å². The van der Waals surface area contributed by atoms with Gasteiger partial charge >= 0.3 is 0 Å². The minimum atomic E-state index is 0.0751. The molecule has 2 aromatic rings. The van der Waals surface area contributed by atoms with E-state index in [2.05, 4.69) is 15.7 Å². The number of carbonyl (C=O) groups is 1. The summed E-state index contributed by atoms with van der Waals surface area (Å²) in [5.41, 5.74) is 4.26. The van der Waals surface area contributed by atoms with Gasteiger partial charge in [-0.05, 0) is 80.2 Å². The number of nitrogens with zero attached hydrogens (tertiary/aromatic N) is 1. The van der Waals surface area contributed by atoms with E-state index in [1.165, 1.54) is 38.5 Å². The average Bonchev–Trinajstić information content (AvgIpc) is 3.19. The SMILES string of the molecule is O=C(NCCC12CC3CC(CC(C3)C1)C2)c1ccccc1SCc1cscn1. The first-order chi connectivity index (χ1) is 13.7. The van der Waals surface area contributed by atoms with Crippen LogP contribution in [0.4, 0.5) is 0 Å². The molecule has 6 rings (SSSR count). The lowest BCUT2D eigenvalue weighted by molar-refractivity contribution is -0.0564. The molecule has 28 heavy (non-hydrogen) atoms. The molecule has 0 radical (unpaired) electrons. The van der Waals surface area contributed by atoms with Gasteiger partial charge < -0.3 is 5.32 Å². The van der Waals surface area contributed by atoms with E-state index in [-0.39, 0.29) is 5.91 Å². The van der Waals surface area contributed by atoms with Crippen molar-refractivity contribution in [1.29, 1.82) is 0 Å². The number of thioether (sulfide) groups is 1. The van der Waals surface area contributed by atoms with E-state index in [1.54, 1.807) is 23.1 Å². The highest BCUT2D eigenvalue weighted by Crippen LogP contribution is 2.61. The lowest BCUT2D eigenvalue weighted by Gasteiger charge is -2.57. The van der Waals surface area contributed by atoms with Crippen LogP contribution in [0.3, 0.4) is 0 Å². The van der Waals surface area contributed by atoms with E-state index in [0.717, 1.165) is 52.6 Å².